The van der Waals surface area contributed by atoms with Gasteiger partial charge in [-0.25, -0.2) is 4.98 Å². The number of hydrogen-bond acceptors (Lipinski definition) is 8. The summed E-state index contributed by atoms with van der Waals surface area (Å²) in [5.74, 6) is 1.34. The molecule has 3 aliphatic heterocycles. The predicted molar refractivity (Wildman–Crippen MR) is 121 cm³/mol. The second-order valence-corrected chi connectivity index (χ2v) is 8.51. The van der Waals surface area contributed by atoms with Crippen LogP contribution in [0, 0.1) is 17.2 Å². The summed E-state index contributed by atoms with van der Waals surface area (Å²) in [5, 5.41) is 12.2. The second-order valence-electron chi connectivity index (χ2n) is 8.51. The van der Waals surface area contributed by atoms with E-state index in [9.17, 15) is 14.9 Å². The second kappa shape index (κ2) is 9.09. The lowest BCUT2D eigenvalue weighted by Gasteiger charge is -2.31. The Bertz CT molecular complexity index is 1160. The molecule has 0 spiro atoms. The Balaban J connectivity index is 1.31. The van der Waals surface area contributed by atoms with Crippen LogP contribution >= 0.6 is 0 Å². The third-order valence-electron chi connectivity index (χ3n) is 6.34. The van der Waals surface area contributed by atoms with E-state index >= 15 is 0 Å². The first kappa shape index (κ1) is 21.8. The van der Waals surface area contributed by atoms with Crippen LogP contribution in [0.5, 0.6) is 17.4 Å². The van der Waals surface area contributed by atoms with Crippen molar-refractivity contribution < 1.29 is 23.8 Å². The molecular formula is C24H25N5O5. The van der Waals surface area contributed by atoms with Crippen molar-refractivity contribution >= 4 is 23.2 Å². The highest BCUT2D eigenvalue weighted by Gasteiger charge is 2.35. The largest absolute Gasteiger partial charge is 0.490 e. The van der Waals surface area contributed by atoms with Crippen molar-refractivity contribution in [2.75, 3.05) is 44.8 Å². The summed E-state index contributed by atoms with van der Waals surface area (Å²) in [7, 11) is 1.48. The van der Waals surface area contributed by atoms with Gasteiger partial charge in [0.15, 0.2) is 0 Å². The van der Waals surface area contributed by atoms with Crippen molar-refractivity contribution in [3.05, 3.63) is 36.0 Å². The molecule has 0 bridgehead atoms. The quantitative estimate of drug-likeness (QED) is 0.711. The first-order valence-corrected chi connectivity index (χ1v) is 11.3. The number of amides is 2. The molecule has 3 aliphatic rings. The molecule has 10 heteroatoms. The summed E-state index contributed by atoms with van der Waals surface area (Å²) in [6.07, 6.45) is 2.53. The molecule has 2 saturated heterocycles. The number of likely N-dealkylation sites (tertiary alicyclic amines) is 1. The molecule has 1 aromatic heterocycles. The summed E-state index contributed by atoms with van der Waals surface area (Å²) in [4.78, 5) is 32.2. The minimum Gasteiger partial charge on any atom is -0.490 e. The van der Waals surface area contributed by atoms with Gasteiger partial charge in [0, 0.05) is 32.0 Å². The van der Waals surface area contributed by atoms with Gasteiger partial charge >= 0.3 is 0 Å². The number of carbonyl (C=O) groups is 2. The average molecular weight is 463 g/mol. The number of nitrogens with one attached hydrogen (secondary N) is 1. The zero-order valence-corrected chi connectivity index (χ0v) is 18.8. The third-order valence-corrected chi connectivity index (χ3v) is 6.34. The van der Waals surface area contributed by atoms with Gasteiger partial charge in [-0.05, 0) is 18.2 Å². The van der Waals surface area contributed by atoms with Crippen LogP contribution in [0.1, 0.15) is 18.4 Å². The number of nitriles is 1. The van der Waals surface area contributed by atoms with Crippen molar-refractivity contribution in [3.63, 3.8) is 0 Å². The number of methoxy groups -OCH3 is 1. The highest BCUT2D eigenvalue weighted by molar-refractivity contribution is 5.89. The Labute approximate surface area is 197 Å². The predicted octanol–water partition coefficient (Wildman–Crippen LogP) is 1.61. The van der Waals surface area contributed by atoms with Crippen LogP contribution < -0.4 is 24.4 Å². The first-order valence-electron chi connectivity index (χ1n) is 11.3. The number of aromatic nitrogens is 1. The van der Waals surface area contributed by atoms with Crippen molar-refractivity contribution in [1.82, 2.24) is 15.2 Å². The van der Waals surface area contributed by atoms with E-state index in [-0.39, 0.29) is 36.1 Å². The molecule has 2 atom stereocenters. The maximum Gasteiger partial charge on any atom is 0.231 e. The monoisotopic (exact) mass is 463 g/mol. The summed E-state index contributed by atoms with van der Waals surface area (Å²) in [6, 6.07) is 9.51. The molecule has 1 N–H and O–H groups in total. The van der Waals surface area contributed by atoms with Crippen LogP contribution in [-0.4, -0.2) is 67.7 Å². The van der Waals surface area contributed by atoms with Crippen molar-refractivity contribution in [2.45, 2.75) is 18.9 Å². The summed E-state index contributed by atoms with van der Waals surface area (Å²) >= 11 is 0. The van der Waals surface area contributed by atoms with Crippen LogP contribution in [-0.2, 0) is 9.59 Å². The van der Waals surface area contributed by atoms with Gasteiger partial charge in [-0.15, -0.1) is 0 Å². The summed E-state index contributed by atoms with van der Waals surface area (Å²) < 4.78 is 17.2. The Morgan fingerprint density at radius 1 is 1.32 bits per heavy atom. The fraction of sp³-hybridized carbons (Fsp3) is 0.417. The maximum absolute atomic E-state index is 12.7. The fourth-order valence-electron chi connectivity index (χ4n) is 4.63. The molecule has 34 heavy (non-hydrogen) atoms. The number of ether oxygens (including phenoxy) is 3. The Kier molecular flexibility index (Phi) is 5.84. The van der Waals surface area contributed by atoms with Gasteiger partial charge in [0.1, 0.15) is 35.8 Å². The molecule has 176 valence electrons. The number of rotatable bonds is 5. The zero-order valence-electron chi connectivity index (χ0n) is 18.8. The van der Waals surface area contributed by atoms with E-state index in [1.807, 2.05) is 23.1 Å². The number of anilines is 2. The van der Waals surface area contributed by atoms with Crippen LogP contribution in [0.25, 0.3) is 0 Å². The van der Waals surface area contributed by atoms with Gasteiger partial charge in [0.2, 0.25) is 17.7 Å². The number of carbonyl (C=O) groups excluding carboxylic acids is 2. The van der Waals surface area contributed by atoms with E-state index in [4.69, 9.17) is 14.2 Å². The van der Waals surface area contributed by atoms with Crippen molar-refractivity contribution in [2.24, 2.45) is 5.92 Å². The SMILES string of the molecule is COc1ncc(N2CCOc3ccc(OC4CCN(C(=O)C5CNC(=O)C5)C4)cc32)cc1C#N. The molecule has 2 aromatic rings. The lowest BCUT2D eigenvalue weighted by molar-refractivity contribution is -0.135. The molecule has 10 nitrogen and oxygen atoms in total. The third kappa shape index (κ3) is 4.17. The van der Waals surface area contributed by atoms with Gasteiger partial charge < -0.3 is 29.3 Å². The zero-order chi connectivity index (χ0) is 23.7. The first-order chi connectivity index (χ1) is 16.6. The van der Waals surface area contributed by atoms with Gasteiger partial charge in [0.25, 0.3) is 0 Å². The number of benzene rings is 1. The standard InChI is InChI=1S/C24H25N5O5/c1-32-23-15(11-25)8-17(13-27-23)29-6-7-33-21-3-2-18(10-20(21)29)34-19-4-5-28(14-19)24(31)16-9-22(30)26-12-16/h2-3,8,10,13,16,19H,4-7,9,12,14H2,1H3,(H,26,30). The molecule has 0 radical (unpaired) electrons. The molecule has 1 aromatic carbocycles. The number of nitrogens with zero attached hydrogens (tertiary/aromatic N) is 4. The number of pyridine rings is 1. The van der Waals surface area contributed by atoms with E-state index in [1.54, 1.807) is 17.2 Å². The van der Waals surface area contributed by atoms with Crippen molar-refractivity contribution in [3.8, 4) is 23.4 Å². The van der Waals surface area contributed by atoms with E-state index in [0.717, 1.165) is 23.5 Å². The van der Waals surface area contributed by atoms with E-state index in [2.05, 4.69) is 16.4 Å². The van der Waals surface area contributed by atoms with E-state index in [0.29, 0.717) is 44.1 Å². The molecule has 2 unspecified atom stereocenters. The molecule has 4 heterocycles. The molecule has 5 rings (SSSR count). The van der Waals surface area contributed by atoms with Crippen LogP contribution in [0.3, 0.4) is 0 Å². The van der Waals surface area contributed by atoms with E-state index < -0.39 is 0 Å². The van der Waals surface area contributed by atoms with Gasteiger partial charge in [-0.1, -0.05) is 0 Å². The lowest BCUT2D eigenvalue weighted by atomic mass is 10.1. The van der Waals surface area contributed by atoms with Gasteiger partial charge in [-0.3, -0.25) is 9.59 Å². The normalized spacial score (nSPS) is 21.4. The summed E-state index contributed by atoms with van der Waals surface area (Å²) in [6.45, 7) is 2.61. The molecule has 0 saturated carbocycles. The maximum atomic E-state index is 12.7. The van der Waals surface area contributed by atoms with Crippen LogP contribution in [0.2, 0.25) is 0 Å². The number of fused-ring (bicyclic) bond motifs is 1. The smallest absolute Gasteiger partial charge is 0.231 e. The molecule has 2 amide bonds. The Hall–Kier alpha value is -4.00. The fourth-order valence-corrected chi connectivity index (χ4v) is 4.63. The molecular weight excluding hydrogens is 438 g/mol. The minimum absolute atomic E-state index is 0.00905. The number of hydrogen-bond donors (Lipinski definition) is 1. The Morgan fingerprint density at radius 2 is 2.21 bits per heavy atom. The van der Waals surface area contributed by atoms with Gasteiger partial charge in [-0.2, -0.15) is 5.26 Å². The minimum atomic E-state index is -0.280. The van der Waals surface area contributed by atoms with Crippen LogP contribution in [0.15, 0.2) is 30.5 Å². The lowest BCUT2D eigenvalue weighted by Crippen LogP contribution is -2.36. The highest BCUT2D eigenvalue weighted by atomic mass is 16.5. The van der Waals surface area contributed by atoms with Gasteiger partial charge in [0.05, 0.1) is 43.7 Å². The van der Waals surface area contributed by atoms with Crippen molar-refractivity contribution in [1.29, 1.82) is 5.26 Å². The topological polar surface area (TPSA) is 117 Å². The highest BCUT2D eigenvalue weighted by Crippen LogP contribution is 2.40. The Morgan fingerprint density at radius 3 is 2.97 bits per heavy atom. The van der Waals surface area contributed by atoms with E-state index in [1.165, 1.54) is 7.11 Å². The summed E-state index contributed by atoms with van der Waals surface area (Å²) in [5.41, 5.74) is 1.94. The van der Waals surface area contributed by atoms with Crippen LogP contribution in [0.4, 0.5) is 11.4 Å². The molecule has 2 fully saturated rings. The molecule has 0 aliphatic carbocycles. The average Bonchev–Trinajstić information content (AvgIpc) is 3.52.